The van der Waals surface area contributed by atoms with Crippen molar-refractivity contribution in [3.63, 3.8) is 0 Å². The van der Waals surface area contributed by atoms with E-state index in [2.05, 4.69) is 0 Å². The van der Waals surface area contributed by atoms with Crippen LogP contribution in [0.15, 0.2) is 0 Å². The van der Waals surface area contributed by atoms with Crippen molar-refractivity contribution in [3.8, 4) is 0 Å². The van der Waals surface area contributed by atoms with E-state index in [1.165, 1.54) is 0 Å². The van der Waals surface area contributed by atoms with Gasteiger partial charge in [-0.2, -0.15) is 167 Å². The van der Waals surface area contributed by atoms with E-state index in [1.807, 2.05) is 0 Å². The van der Waals surface area contributed by atoms with Gasteiger partial charge in [0.1, 0.15) is 0 Å². The van der Waals surface area contributed by atoms with E-state index in [0.29, 0.717) is 9.47 Å². The Kier molecular flexibility index (Phi) is 13.2. The summed E-state index contributed by atoms with van der Waals surface area (Å²) < 4.78 is 503. The van der Waals surface area contributed by atoms with Gasteiger partial charge >= 0.3 is 108 Å². The molecular formula is C18F38O3. The van der Waals surface area contributed by atoms with Gasteiger partial charge in [-0.15, -0.1) is 0 Å². The summed E-state index contributed by atoms with van der Waals surface area (Å²) in [6.07, 6.45) is -70.4. The van der Waals surface area contributed by atoms with E-state index in [-0.39, 0.29) is 0 Å². The van der Waals surface area contributed by atoms with Crippen LogP contribution >= 0.6 is 0 Å². The van der Waals surface area contributed by atoms with Crippen molar-refractivity contribution in [2.45, 2.75) is 108 Å². The predicted molar refractivity (Wildman–Crippen MR) is 94.5 cm³/mol. The Hall–Kier alpha value is -2.78. The smallest absolute Gasteiger partial charge is 0.262 e. The van der Waals surface area contributed by atoms with Crippen molar-refractivity contribution < 1.29 is 181 Å². The lowest BCUT2D eigenvalue weighted by molar-refractivity contribution is -0.581. The molecule has 0 N–H and O–H groups in total. The SMILES string of the molecule is FC(F)(F)C(F)(F)C(F)(F)OC(F)(C(F)(F)F)C(F)(F)OC(F)(F)C(F)(F)OC(F)(F)C(F)(F)C(F)(F)C(F)(F)C(F)(F)C(F)(F)C(F)(F)C(F)(F)C(F)(F)C(F)(F)F. The van der Waals surface area contributed by atoms with Gasteiger partial charge in [-0.3, -0.25) is 4.74 Å². The Morgan fingerprint density at radius 3 is 0.593 bits per heavy atom. The minimum Gasteiger partial charge on any atom is -0.262 e. The number of alkyl halides is 38. The highest BCUT2D eigenvalue weighted by molar-refractivity contribution is 5.17. The Balaban J connectivity index is 7.37. The van der Waals surface area contributed by atoms with E-state index < -0.39 is 108 Å². The predicted octanol–water partition coefficient (Wildman–Crippen LogP) is 12.1. The van der Waals surface area contributed by atoms with Gasteiger partial charge in [-0.05, 0) is 0 Å². The van der Waals surface area contributed by atoms with E-state index in [1.54, 1.807) is 0 Å². The van der Waals surface area contributed by atoms with Crippen molar-refractivity contribution in [1.82, 2.24) is 0 Å². The summed E-state index contributed by atoms with van der Waals surface area (Å²) in [5.41, 5.74) is 0. The minimum atomic E-state index is -10.1. The Bertz CT molecular complexity index is 1490. The molecule has 3 nitrogen and oxygen atoms in total. The summed E-state index contributed by atoms with van der Waals surface area (Å²) in [5.74, 6) is -95.2. The first kappa shape index (κ1) is 56.2. The molecule has 59 heavy (non-hydrogen) atoms. The fraction of sp³-hybridized carbons (Fsp3) is 1.00. The molecule has 0 aliphatic rings. The van der Waals surface area contributed by atoms with Crippen LogP contribution in [0.4, 0.5) is 167 Å². The second-order valence-corrected chi connectivity index (χ2v) is 10.1. The fourth-order valence-electron chi connectivity index (χ4n) is 2.80. The van der Waals surface area contributed by atoms with Gasteiger partial charge in [0.25, 0.3) is 0 Å². The van der Waals surface area contributed by atoms with Gasteiger partial charge in [0.15, 0.2) is 0 Å². The minimum absolute atomic E-state index is 0.558. The average Bonchev–Trinajstić information content (AvgIpc) is 2.92. The van der Waals surface area contributed by atoms with E-state index in [9.17, 15) is 167 Å². The highest BCUT2D eigenvalue weighted by atomic mass is 19.5. The number of halogens is 38. The molecule has 0 aliphatic carbocycles. The monoisotopic (exact) mass is 986 g/mol. The van der Waals surface area contributed by atoms with Gasteiger partial charge in [-0.25, -0.2) is 9.47 Å². The van der Waals surface area contributed by atoms with Crippen LogP contribution in [0.2, 0.25) is 0 Å². The van der Waals surface area contributed by atoms with Crippen LogP contribution < -0.4 is 0 Å². The fourth-order valence-corrected chi connectivity index (χ4v) is 2.80. The highest BCUT2D eigenvalue weighted by Crippen LogP contribution is 2.67. The third-order valence-corrected chi connectivity index (χ3v) is 6.06. The molecule has 0 aromatic heterocycles. The molecule has 356 valence electrons. The van der Waals surface area contributed by atoms with E-state index in [0.717, 1.165) is 4.74 Å². The number of hydrogen-bond acceptors (Lipinski definition) is 3. The van der Waals surface area contributed by atoms with Gasteiger partial charge in [0, 0.05) is 0 Å². The molecule has 0 saturated heterocycles. The Morgan fingerprint density at radius 2 is 0.356 bits per heavy atom. The summed E-state index contributed by atoms with van der Waals surface area (Å²) >= 11 is 0. The molecule has 0 aromatic carbocycles. The zero-order chi connectivity index (χ0) is 49.1. The topological polar surface area (TPSA) is 27.7 Å². The lowest BCUT2D eigenvalue weighted by Crippen LogP contribution is -2.77. The molecule has 0 bridgehead atoms. The van der Waals surface area contributed by atoms with Crippen molar-refractivity contribution >= 4 is 0 Å². The molecule has 0 fully saturated rings. The van der Waals surface area contributed by atoms with Crippen LogP contribution in [0, 0.1) is 0 Å². The van der Waals surface area contributed by atoms with Crippen molar-refractivity contribution in [3.05, 3.63) is 0 Å². The third kappa shape index (κ3) is 7.84. The lowest BCUT2D eigenvalue weighted by atomic mass is 9.87. The summed E-state index contributed by atoms with van der Waals surface area (Å²) in [5, 5.41) is 0. The van der Waals surface area contributed by atoms with Gasteiger partial charge in [-0.1, -0.05) is 0 Å². The molecule has 0 aromatic rings. The van der Waals surface area contributed by atoms with Crippen LogP contribution in [0.25, 0.3) is 0 Å². The molecule has 0 spiro atoms. The van der Waals surface area contributed by atoms with E-state index in [4.69, 9.17) is 0 Å². The van der Waals surface area contributed by atoms with Crippen LogP contribution in [0.5, 0.6) is 0 Å². The molecule has 41 heteroatoms. The second-order valence-electron chi connectivity index (χ2n) is 10.1. The summed E-state index contributed by atoms with van der Waals surface area (Å²) in [7, 11) is 0. The van der Waals surface area contributed by atoms with Gasteiger partial charge < -0.3 is 0 Å². The maximum absolute atomic E-state index is 13.9. The molecule has 1 unspecified atom stereocenters. The Morgan fingerprint density at radius 1 is 0.153 bits per heavy atom. The normalized spacial score (nSPS) is 18.0. The largest absolute Gasteiger partial charge is 0.462 e. The standard InChI is InChI=1S/C18F38O3/c19-1(20,3(23,24)5(27,28)7(31,32)11(38,39)40)2(21,22)4(25,26)6(29,30)8(33,34)14(47,48)58-17(53,54)18(55,56)59-16(51,52)10(37,13(44,45)46)57-15(49,50)9(35,36)12(41,42)43. The summed E-state index contributed by atoms with van der Waals surface area (Å²) in [6, 6.07) is 0. The summed E-state index contributed by atoms with van der Waals surface area (Å²) in [6.45, 7) is 0. The molecular weight excluding hydrogens is 986 g/mol. The molecule has 1 atom stereocenters. The number of ether oxygens (including phenoxy) is 3. The first-order valence-corrected chi connectivity index (χ1v) is 11.9. The number of rotatable bonds is 17. The second kappa shape index (κ2) is 13.9. The van der Waals surface area contributed by atoms with Gasteiger partial charge in [0.2, 0.25) is 0 Å². The van der Waals surface area contributed by atoms with Crippen LogP contribution in [-0.4, -0.2) is 108 Å². The lowest BCUT2D eigenvalue weighted by Gasteiger charge is -2.44. The third-order valence-electron chi connectivity index (χ3n) is 6.06. The van der Waals surface area contributed by atoms with Gasteiger partial charge in [0.05, 0.1) is 0 Å². The van der Waals surface area contributed by atoms with Crippen molar-refractivity contribution in [1.29, 1.82) is 0 Å². The zero-order valence-electron chi connectivity index (χ0n) is 24.6. The average molecular weight is 986 g/mol. The molecule has 0 amide bonds. The van der Waals surface area contributed by atoms with Crippen LogP contribution in [-0.2, 0) is 14.2 Å². The quantitative estimate of drug-likeness (QED) is 0.136. The number of hydrogen-bond donors (Lipinski definition) is 0. The molecule has 0 rings (SSSR count). The maximum atomic E-state index is 13.9. The van der Waals surface area contributed by atoms with Crippen LogP contribution in [0.3, 0.4) is 0 Å². The molecule has 0 radical (unpaired) electrons. The zero-order valence-corrected chi connectivity index (χ0v) is 24.6. The first-order chi connectivity index (χ1) is 24.6. The highest BCUT2D eigenvalue weighted by Gasteiger charge is 2.98. The van der Waals surface area contributed by atoms with E-state index >= 15 is 0 Å². The summed E-state index contributed by atoms with van der Waals surface area (Å²) in [4.78, 5) is 0. The van der Waals surface area contributed by atoms with Crippen LogP contribution in [0.1, 0.15) is 0 Å². The molecule has 0 heterocycles. The van der Waals surface area contributed by atoms with Crippen molar-refractivity contribution in [2.75, 3.05) is 0 Å². The molecule has 0 saturated carbocycles. The first-order valence-electron chi connectivity index (χ1n) is 11.9. The van der Waals surface area contributed by atoms with Crippen molar-refractivity contribution in [2.24, 2.45) is 0 Å². The Labute approximate surface area is 291 Å². The maximum Gasteiger partial charge on any atom is 0.462 e. The molecule has 0 aliphatic heterocycles.